The fraction of sp³-hybridized carbons (Fsp3) is 0.542. The average Bonchev–Trinajstić information content (AvgIpc) is 2.80. The maximum atomic E-state index is 13.1. The number of carbonyl (C=O) groups excluding carboxylic acids is 4. The number of rotatable bonds is 16. The topological polar surface area (TPSA) is 220 Å². The van der Waals surface area contributed by atoms with E-state index >= 15 is 0 Å². The van der Waals surface area contributed by atoms with Crippen LogP contribution in [0.1, 0.15) is 51.5 Å². The van der Waals surface area contributed by atoms with E-state index in [-0.39, 0.29) is 25.7 Å². The van der Waals surface area contributed by atoms with Gasteiger partial charge < -0.3 is 38.3 Å². The molecule has 12 heteroatoms. The molecule has 0 spiro atoms. The summed E-state index contributed by atoms with van der Waals surface area (Å²) in [6.07, 6.45) is 1.03. The molecule has 12 nitrogen and oxygen atoms in total. The Kier molecular flexibility index (Phi) is 12.5. The number of carbonyl (C=O) groups is 5. The molecular weight excluding hydrogens is 468 g/mol. The molecule has 200 valence electrons. The molecule has 0 heterocycles. The molecule has 0 saturated carbocycles. The average molecular weight is 507 g/mol. The van der Waals surface area contributed by atoms with Gasteiger partial charge in [0.1, 0.15) is 18.1 Å². The molecular formula is C24H38N6O6. The van der Waals surface area contributed by atoms with Crippen molar-refractivity contribution < 1.29 is 29.1 Å². The highest BCUT2D eigenvalue weighted by Gasteiger charge is 2.32. The predicted molar refractivity (Wildman–Crippen MR) is 133 cm³/mol. The highest BCUT2D eigenvalue weighted by Crippen LogP contribution is 2.08. The van der Waals surface area contributed by atoms with E-state index < -0.39 is 53.3 Å². The molecule has 36 heavy (non-hydrogen) atoms. The smallest absolute Gasteiger partial charge is 0.326 e. The van der Waals surface area contributed by atoms with Gasteiger partial charge in [0.25, 0.3) is 0 Å². The minimum absolute atomic E-state index is 0.0619. The van der Waals surface area contributed by atoms with Gasteiger partial charge in [0.05, 0.1) is 5.54 Å². The Hall–Kier alpha value is -3.51. The van der Waals surface area contributed by atoms with E-state index in [0.29, 0.717) is 24.9 Å². The van der Waals surface area contributed by atoms with Crippen LogP contribution in [0.2, 0.25) is 0 Å². The number of hydrogen-bond donors (Lipinski definition) is 7. The fourth-order valence-corrected chi connectivity index (χ4v) is 3.25. The summed E-state index contributed by atoms with van der Waals surface area (Å²) < 4.78 is 0. The summed E-state index contributed by atoms with van der Waals surface area (Å²) in [5.41, 5.74) is 15.9. The first kappa shape index (κ1) is 30.5. The van der Waals surface area contributed by atoms with Crippen LogP contribution in [0.25, 0.3) is 0 Å². The normalized spacial score (nSPS) is 13.7. The number of primary amides is 1. The van der Waals surface area contributed by atoms with Crippen molar-refractivity contribution in [3.05, 3.63) is 35.9 Å². The van der Waals surface area contributed by atoms with E-state index in [0.717, 1.165) is 0 Å². The Labute approximate surface area is 210 Å². The lowest BCUT2D eigenvalue weighted by Gasteiger charge is -2.26. The van der Waals surface area contributed by atoms with Crippen molar-refractivity contribution in [2.45, 2.75) is 76.0 Å². The molecule has 0 aliphatic heterocycles. The highest BCUT2D eigenvalue weighted by molar-refractivity contribution is 5.95. The van der Waals surface area contributed by atoms with Gasteiger partial charge in [-0.1, -0.05) is 30.3 Å². The van der Waals surface area contributed by atoms with Gasteiger partial charge in [-0.05, 0) is 51.6 Å². The second kappa shape index (κ2) is 14.8. The third-order valence-electron chi connectivity index (χ3n) is 5.36. The number of carboxylic acids is 1. The summed E-state index contributed by atoms with van der Waals surface area (Å²) in [5, 5.41) is 17.1. The zero-order chi connectivity index (χ0) is 27.3. The Bertz CT molecular complexity index is 902. The van der Waals surface area contributed by atoms with Crippen LogP contribution in [0.5, 0.6) is 0 Å². The van der Waals surface area contributed by atoms with Crippen molar-refractivity contribution in [2.75, 3.05) is 6.54 Å². The van der Waals surface area contributed by atoms with Crippen LogP contribution < -0.4 is 33.2 Å². The summed E-state index contributed by atoms with van der Waals surface area (Å²) in [4.78, 5) is 61.6. The maximum absolute atomic E-state index is 13.1. The van der Waals surface area contributed by atoms with Gasteiger partial charge in [-0.3, -0.25) is 19.2 Å². The Morgan fingerprint density at radius 3 is 2.00 bits per heavy atom. The molecule has 4 amide bonds. The second-order valence-corrected chi connectivity index (χ2v) is 9.19. The lowest BCUT2D eigenvalue weighted by molar-refractivity contribution is -0.142. The number of nitrogens with two attached hydrogens (primary N) is 3. The standard InChI is InChI=1S/C24H38N6O6/c1-24(2,27)23(36)30-16(11-12-19(26)31)20(32)29-18(14-15-8-4-3-5-9-15)21(33)28-17(22(34)35)10-6-7-13-25/h3-5,8-9,16-18H,6-7,10-14,25,27H2,1-2H3,(H2,26,31)(H,28,33)(H,29,32)(H,30,36)(H,34,35)/t16-,17-,18-/m0/s1. The third-order valence-corrected chi connectivity index (χ3v) is 5.36. The molecule has 0 radical (unpaired) electrons. The van der Waals surface area contributed by atoms with E-state index in [1.807, 2.05) is 0 Å². The maximum Gasteiger partial charge on any atom is 0.326 e. The first-order chi connectivity index (χ1) is 16.8. The summed E-state index contributed by atoms with van der Waals surface area (Å²) in [5.74, 6) is -3.95. The summed E-state index contributed by atoms with van der Waals surface area (Å²) >= 11 is 0. The number of unbranched alkanes of at least 4 members (excludes halogenated alkanes) is 1. The van der Waals surface area contributed by atoms with E-state index in [1.165, 1.54) is 13.8 Å². The number of benzene rings is 1. The number of carboxylic acid groups (broad SMARTS) is 1. The highest BCUT2D eigenvalue weighted by atomic mass is 16.4. The van der Waals surface area contributed by atoms with Crippen LogP contribution in [-0.4, -0.2) is 64.9 Å². The molecule has 0 aliphatic carbocycles. The molecule has 0 aliphatic rings. The summed E-state index contributed by atoms with van der Waals surface area (Å²) in [7, 11) is 0. The van der Waals surface area contributed by atoms with Gasteiger partial charge in [0.15, 0.2) is 0 Å². The zero-order valence-corrected chi connectivity index (χ0v) is 20.8. The Morgan fingerprint density at radius 2 is 1.47 bits per heavy atom. The molecule has 0 aromatic heterocycles. The van der Waals surface area contributed by atoms with Crippen molar-refractivity contribution in [3.8, 4) is 0 Å². The van der Waals surface area contributed by atoms with Crippen molar-refractivity contribution >= 4 is 29.6 Å². The largest absolute Gasteiger partial charge is 0.480 e. The van der Waals surface area contributed by atoms with Gasteiger partial charge in [0.2, 0.25) is 23.6 Å². The second-order valence-electron chi connectivity index (χ2n) is 9.19. The van der Waals surface area contributed by atoms with Crippen LogP contribution in [0.15, 0.2) is 30.3 Å². The van der Waals surface area contributed by atoms with Gasteiger partial charge in [0, 0.05) is 12.8 Å². The minimum atomic E-state index is -1.30. The van der Waals surface area contributed by atoms with Crippen LogP contribution in [0, 0.1) is 0 Å². The number of aliphatic carboxylic acids is 1. The van der Waals surface area contributed by atoms with Gasteiger partial charge in [-0.15, -0.1) is 0 Å². The molecule has 0 unspecified atom stereocenters. The number of nitrogens with one attached hydrogen (secondary N) is 3. The lowest BCUT2D eigenvalue weighted by Crippen LogP contribution is -2.59. The van der Waals surface area contributed by atoms with Crippen LogP contribution in [-0.2, 0) is 30.4 Å². The Morgan fingerprint density at radius 1 is 0.889 bits per heavy atom. The zero-order valence-electron chi connectivity index (χ0n) is 20.8. The molecule has 3 atom stereocenters. The lowest BCUT2D eigenvalue weighted by atomic mass is 10.0. The fourth-order valence-electron chi connectivity index (χ4n) is 3.25. The van der Waals surface area contributed by atoms with Gasteiger partial charge in [-0.25, -0.2) is 4.79 Å². The molecule has 1 aromatic rings. The molecule has 0 saturated heterocycles. The van der Waals surface area contributed by atoms with Gasteiger partial charge >= 0.3 is 5.97 Å². The molecule has 0 bridgehead atoms. The first-order valence-electron chi connectivity index (χ1n) is 11.8. The SMILES string of the molecule is CC(C)(N)C(=O)N[C@@H](CCC(N)=O)C(=O)N[C@@H](Cc1ccccc1)C(=O)N[C@@H](CCCCN)C(=O)O. The van der Waals surface area contributed by atoms with Crippen LogP contribution >= 0.6 is 0 Å². The van der Waals surface area contributed by atoms with Gasteiger partial charge in [-0.2, -0.15) is 0 Å². The molecule has 0 fully saturated rings. The van der Waals surface area contributed by atoms with Crippen molar-refractivity contribution in [1.82, 2.24) is 16.0 Å². The molecule has 1 rings (SSSR count). The van der Waals surface area contributed by atoms with Crippen molar-refractivity contribution in [3.63, 3.8) is 0 Å². The number of amides is 4. The number of hydrogen-bond acceptors (Lipinski definition) is 7. The summed E-state index contributed by atoms with van der Waals surface area (Å²) in [6.45, 7) is 3.30. The van der Waals surface area contributed by atoms with Crippen LogP contribution in [0.4, 0.5) is 0 Å². The van der Waals surface area contributed by atoms with Crippen molar-refractivity contribution in [2.24, 2.45) is 17.2 Å². The first-order valence-corrected chi connectivity index (χ1v) is 11.8. The minimum Gasteiger partial charge on any atom is -0.480 e. The quantitative estimate of drug-likeness (QED) is 0.136. The van der Waals surface area contributed by atoms with E-state index in [4.69, 9.17) is 17.2 Å². The molecule has 1 aromatic carbocycles. The van der Waals surface area contributed by atoms with E-state index in [2.05, 4.69) is 16.0 Å². The molecule has 10 N–H and O–H groups in total. The van der Waals surface area contributed by atoms with E-state index in [9.17, 15) is 29.1 Å². The third kappa shape index (κ3) is 11.3. The van der Waals surface area contributed by atoms with E-state index in [1.54, 1.807) is 30.3 Å². The van der Waals surface area contributed by atoms with Crippen LogP contribution in [0.3, 0.4) is 0 Å². The summed E-state index contributed by atoms with van der Waals surface area (Å²) in [6, 6.07) is 5.31. The Balaban J connectivity index is 3.12. The van der Waals surface area contributed by atoms with Crippen molar-refractivity contribution in [1.29, 1.82) is 0 Å². The predicted octanol–water partition coefficient (Wildman–Crippen LogP) is -1.10. The monoisotopic (exact) mass is 506 g/mol.